The Morgan fingerprint density at radius 2 is 1.66 bits per heavy atom. The van der Waals surface area contributed by atoms with E-state index in [1.165, 1.54) is 26.0 Å². The highest BCUT2D eigenvalue weighted by molar-refractivity contribution is 7.90. The van der Waals surface area contributed by atoms with Crippen molar-refractivity contribution in [3.8, 4) is 0 Å². The van der Waals surface area contributed by atoms with Crippen molar-refractivity contribution in [1.29, 1.82) is 0 Å². The number of nitrogens with one attached hydrogen (secondary N) is 2. The molecule has 0 aliphatic rings. The first kappa shape index (κ1) is 25.1. The lowest BCUT2D eigenvalue weighted by Gasteiger charge is -2.29. The van der Waals surface area contributed by atoms with Crippen LogP contribution in [0.5, 0.6) is 0 Å². The van der Waals surface area contributed by atoms with Crippen LogP contribution >= 0.6 is 0 Å². The number of aryl methyl sites for hydroxylation is 2. The van der Waals surface area contributed by atoms with E-state index in [4.69, 9.17) is 0 Å². The SMILES string of the molecule is CCOC(=O)C(O)(c1ccc(NC(=O)NS(=O)(=O)c2ccc(C)cc2)c(C)c1)C(F)(F)F. The van der Waals surface area contributed by atoms with Gasteiger partial charge in [0.15, 0.2) is 0 Å². The van der Waals surface area contributed by atoms with Gasteiger partial charge in [0.1, 0.15) is 0 Å². The number of hydrogen-bond donors (Lipinski definition) is 3. The van der Waals surface area contributed by atoms with Crippen molar-refractivity contribution in [3.63, 3.8) is 0 Å². The molecule has 174 valence electrons. The van der Waals surface area contributed by atoms with Crippen LogP contribution in [0.1, 0.15) is 23.6 Å². The Balaban J connectivity index is 2.27. The number of carbonyl (C=O) groups excluding carboxylic acids is 2. The van der Waals surface area contributed by atoms with Crippen molar-refractivity contribution in [3.05, 3.63) is 59.2 Å². The molecular weight excluding hydrogens is 453 g/mol. The summed E-state index contributed by atoms with van der Waals surface area (Å²) in [6.07, 6.45) is -5.37. The second kappa shape index (κ2) is 9.17. The average molecular weight is 474 g/mol. The lowest BCUT2D eigenvalue weighted by Crippen LogP contribution is -2.50. The summed E-state index contributed by atoms with van der Waals surface area (Å²) in [6, 6.07) is 7.16. The minimum Gasteiger partial charge on any atom is -0.463 e. The first-order valence-corrected chi connectivity index (χ1v) is 10.7. The van der Waals surface area contributed by atoms with E-state index in [0.717, 1.165) is 23.8 Å². The normalized spacial score (nSPS) is 13.7. The van der Waals surface area contributed by atoms with Crippen molar-refractivity contribution < 1.29 is 41.0 Å². The van der Waals surface area contributed by atoms with Crippen LogP contribution in [0.15, 0.2) is 47.4 Å². The van der Waals surface area contributed by atoms with E-state index in [-0.39, 0.29) is 22.8 Å². The van der Waals surface area contributed by atoms with Crippen LogP contribution in [0.4, 0.5) is 23.7 Å². The molecule has 32 heavy (non-hydrogen) atoms. The molecule has 8 nitrogen and oxygen atoms in total. The fourth-order valence-electron chi connectivity index (χ4n) is 2.71. The topological polar surface area (TPSA) is 122 Å². The van der Waals surface area contributed by atoms with Gasteiger partial charge in [-0.2, -0.15) is 13.2 Å². The van der Waals surface area contributed by atoms with Crippen LogP contribution in [0.3, 0.4) is 0 Å². The summed E-state index contributed by atoms with van der Waals surface area (Å²) in [5.41, 5.74) is -3.94. The molecule has 3 N–H and O–H groups in total. The van der Waals surface area contributed by atoms with E-state index in [1.807, 2.05) is 0 Å². The van der Waals surface area contributed by atoms with E-state index < -0.39 is 39.4 Å². The maximum Gasteiger partial charge on any atom is 0.432 e. The van der Waals surface area contributed by atoms with Crippen LogP contribution in [-0.2, 0) is 25.2 Å². The Labute approximate surface area is 182 Å². The number of rotatable bonds is 6. The Bertz CT molecular complexity index is 1120. The zero-order valence-corrected chi connectivity index (χ0v) is 18.1. The molecule has 1 atom stereocenters. The number of anilines is 1. The van der Waals surface area contributed by atoms with E-state index in [0.29, 0.717) is 0 Å². The minimum absolute atomic E-state index is 0.0253. The van der Waals surface area contributed by atoms with E-state index in [9.17, 15) is 36.3 Å². The molecule has 2 aromatic rings. The van der Waals surface area contributed by atoms with Gasteiger partial charge in [-0.1, -0.05) is 29.8 Å². The summed E-state index contributed by atoms with van der Waals surface area (Å²) >= 11 is 0. The highest BCUT2D eigenvalue weighted by atomic mass is 32.2. The monoisotopic (exact) mass is 474 g/mol. The highest BCUT2D eigenvalue weighted by Crippen LogP contribution is 2.41. The molecule has 0 aromatic heterocycles. The number of amides is 2. The lowest BCUT2D eigenvalue weighted by molar-refractivity contribution is -0.267. The van der Waals surface area contributed by atoms with E-state index >= 15 is 0 Å². The third-order valence-corrected chi connectivity index (χ3v) is 5.78. The number of esters is 1. The maximum absolute atomic E-state index is 13.5. The Kier molecular flexibility index (Phi) is 7.20. The van der Waals surface area contributed by atoms with Crippen molar-refractivity contribution in [1.82, 2.24) is 4.72 Å². The molecule has 12 heteroatoms. The van der Waals surface area contributed by atoms with Crippen molar-refractivity contribution >= 4 is 27.7 Å². The van der Waals surface area contributed by atoms with Gasteiger partial charge < -0.3 is 15.2 Å². The number of alkyl halides is 3. The largest absolute Gasteiger partial charge is 0.463 e. The van der Waals surface area contributed by atoms with Crippen LogP contribution in [-0.4, -0.2) is 38.3 Å². The number of ether oxygens (including phenoxy) is 1. The second-order valence-electron chi connectivity index (χ2n) is 6.83. The standard InChI is InChI=1S/C20H21F3N2O6S/c1-4-31-17(26)19(28,20(21,22)23)14-7-10-16(13(3)11-14)24-18(27)25-32(29,30)15-8-5-12(2)6-9-15/h5-11,28H,4H2,1-3H3,(H2,24,25,27). The van der Waals surface area contributed by atoms with Gasteiger partial charge in [-0.25, -0.2) is 22.7 Å². The predicted octanol–water partition coefficient (Wildman–Crippen LogP) is 3.13. The molecule has 0 heterocycles. The minimum atomic E-state index is -5.37. The van der Waals surface area contributed by atoms with Crippen LogP contribution in [0.2, 0.25) is 0 Å². The average Bonchev–Trinajstić information content (AvgIpc) is 2.68. The van der Waals surface area contributed by atoms with Crippen LogP contribution in [0.25, 0.3) is 0 Å². The van der Waals surface area contributed by atoms with Gasteiger partial charge in [-0.3, -0.25) is 0 Å². The molecule has 0 fully saturated rings. The predicted molar refractivity (Wildman–Crippen MR) is 108 cm³/mol. The van der Waals surface area contributed by atoms with Gasteiger partial charge in [0.05, 0.1) is 11.5 Å². The first-order valence-electron chi connectivity index (χ1n) is 9.20. The molecule has 0 spiro atoms. The van der Waals surface area contributed by atoms with E-state index in [2.05, 4.69) is 10.1 Å². The molecule has 2 rings (SSSR count). The molecular formula is C20H21F3N2O6S. The second-order valence-corrected chi connectivity index (χ2v) is 8.51. The van der Waals surface area contributed by atoms with Gasteiger partial charge in [-0.15, -0.1) is 0 Å². The molecule has 0 bridgehead atoms. The van der Waals surface area contributed by atoms with Crippen LogP contribution < -0.4 is 10.0 Å². The summed E-state index contributed by atoms with van der Waals surface area (Å²) in [5.74, 6) is -1.89. The summed E-state index contributed by atoms with van der Waals surface area (Å²) in [4.78, 5) is 23.9. The summed E-state index contributed by atoms with van der Waals surface area (Å²) in [5, 5.41) is 12.3. The fraction of sp³-hybridized carbons (Fsp3) is 0.300. The zero-order chi connectivity index (χ0) is 24.3. The molecule has 0 radical (unpaired) electrons. The highest BCUT2D eigenvalue weighted by Gasteiger charge is 2.62. The van der Waals surface area contributed by atoms with Crippen molar-refractivity contribution in [2.45, 2.75) is 37.4 Å². The van der Waals surface area contributed by atoms with Gasteiger partial charge >= 0.3 is 18.2 Å². The number of carbonyl (C=O) groups is 2. The molecule has 1 unspecified atom stereocenters. The lowest BCUT2D eigenvalue weighted by atomic mass is 9.91. The number of benzene rings is 2. The molecule has 0 saturated heterocycles. The Hall–Kier alpha value is -3.12. The molecule has 0 saturated carbocycles. The number of urea groups is 1. The van der Waals surface area contributed by atoms with Gasteiger partial charge in [-0.05, 0) is 44.5 Å². The molecule has 0 aliphatic carbocycles. The fourth-order valence-corrected chi connectivity index (χ4v) is 3.62. The van der Waals surface area contributed by atoms with E-state index in [1.54, 1.807) is 23.8 Å². The summed E-state index contributed by atoms with van der Waals surface area (Å²) in [6.45, 7) is 3.96. The van der Waals surface area contributed by atoms with Gasteiger partial charge in [0.25, 0.3) is 15.6 Å². The summed E-state index contributed by atoms with van der Waals surface area (Å²) in [7, 11) is -4.19. The Morgan fingerprint density at radius 1 is 1.06 bits per heavy atom. The van der Waals surface area contributed by atoms with Crippen molar-refractivity contribution in [2.75, 3.05) is 11.9 Å². The van der Waals surface area contributed by atoms with Gasteiger partial charge in [0, 0.05) is 11.3 Å². The smallest absolute Gasteiger partial charge is 0.432 e. The molecule has 2 amide bonds. The molecule has 2 aromatic carbocycles. The third-order valence-electron chi connectivity index (χ3n) is 4.43. The van der Waals surface area contributed by atoms with Crippen molar-refractivity contribution in [2.24, 2.45) is 0 Å². The number of hydrogen-bond acceptors (Lipinski definition) is 6. The number of halogens is 3. The van der Waals surface area contributed by atoms with Gasteiger partial charge in [0.2, 0.25) is 0 Å². The Morgan fingerprint density at radius 3 is 2.16 bits per heavy atom. The third kappa shape index (κ3) is 5.19. The molecule has 0 aliphatic heterocycles. The maximum atomic E-state index is 13.5. The van der Waals surface area contributed by atoms with Crippen LogP contribution in [0, 0.1) is 13.8 Å². The summed E-state index contributed by atoms with van der Waals surface area (Å²) < 4.78 is 71.2. The zero-order valence-electron chi connectivity index (χ0n) is 17.3. The number of sulfonamides is 1. The number of aliphatic hydroxyl groups is 1. The first-order chi connectivity index (χ1) is 14.7. The quantitative estimate of drug-likeness (QED) is 0.553.